The fraction of sp³-hybridized carbons (Fsp3) is 0.179. The lowest BCUT2D eigenvalue weighted by atomic mass is 10.1. The lowest BCUT2D eigenvalue weighted by Crippen LogP contribution is -2.31. The van der Waals surface area contributed by atoms with Crippen LogP contribution in [-0.2, 0) is 24.1 Å². The zero-order valence-electron chi connectivity index (χ0n) is 20.1. The highest BCUT2D eigenvalue weighted by Gasteiger charge is 2.30. The lowest BCUT2D eigenvalue weighted by molar-refractivity contribution is -0.137. The van der Waals surface area contributed by atoms with Crippen LogP contribution in [0.15, 0.2) is 88.9 Å². The fourth-order valence-electron chi connectivity index (χ4n) is 4.05. The van der Waals surface area contributed by atoms with Crippen LogP contribution in [0.2, 0.25) is 0 Å². The van der Waals surface area contributed by atoms with E-state index in [4.69, 9.17) is 14.4 Å². The first-order chi connectivity index (χ1) is 18.4. The summed E-state index contributed by atoms with van der Waals surface area (Å²) in [5.74, 6) is 1.67. The van der Waals surface area contributed by atoms with E-state index in [1.54, 1.807) is 18.4 Å². The van der Waals surface area contributed by atoms with Crippen LogP contribution in [-0.4, -0.2) is 22.4 Å². The van der Waals surface area contributed by atoms with E-state index in [1.165, 1.54) is 17.4 Å². The molecule has 194 valence electrons. The molecule has 0 saturated carbocycles. The molecule has 6 nitrogen and oxygen atoms in total. The highest BCUT2D eigenvalue weighted by molar-refractivity contribution is 7.13. The second-order valence-electron chi connectivity index (χ2n) is 8.59. The van der Waals surface area contributed by atoms with Crippen molar-refractivity contribution in [3.05, 3.63) is 101 Å². The standard InChI is InChI=1S/C28H23F3N4O2S/c29-28(30,31)20-7-3-6-19(16-20)17-32-25(36)12-13-35(18-21-8-4-14-37-21)27-22-9-1-2-10-23(22)33-26(34-27)24-11-5-15-38-24/h1-11,14-16H,12-13,17-18H2,(H,32,36). The Morgan fingerprint density at radius 2 is 1.87 bits per heavy atom. The number of benzene rings is 2. The minimum absolute atomic E-state index is 0.0000984. The van der Waals surface area contributed by atoms with Gasteiger partial charge in [0.15, 0.2) is 5.82 Å². The molecule has 1 N–H and O–H groups in total. The molecule has 0 aliphatic heterocycles. The minimum atomic E-state index is -4.44. The molecule has 5 rings (SSSR count). The van der Waals surface area contributed by atoms with Crippen molar-refractivity contribution in [1.29, 1.82) is 0 Å². The van der Waals surface area contributed by atoms with Crippen molar-refractivity contribution in [1.82, 2.24) is 15.3 Å². The highest BCUT2D eigenvalue weighted by atomic mass is 32.1. The van der Waals surface area contributed by atoms with Gasteiger partial charge in [0.2, 0.25) is 5.91 Å². The number of hydrogen-bond acceptors (Lipinski definition) is 6. The molecule has 2 aromatic carbocycles. The summed E-state index contributed by atoms with van der Waals surface area (Å²) in [5, 5.41) is 5.52. The van der Waals surface area contributed by atoms with Gasteiger partial charge in [0.25, 0.3) is 0 Å². The third kappa shape index (κ3) is 6.03. The SMILES string of the molecule is O=C(CCN(Cc1ccco1)c1nc(-c2cccs2)nc2ccccc12)NCc1cccc(C(F)(F)F)c1. The number of carbonyl (C=O) groups is 1. The number of fused-ring (bicyclic) bond motifs is 1. The average molecular weight is 537 g/mol. The van der Waals surface area contributed by atoms with Crippen LogP contribution in [0.25, 0.3) is 21.6 Å². The number of carbonyl (C=O) groups excluding carboxylic acids is 1. The number of furan rings is 1. The van der Waals surface area contributed by atoms with E-state index in [1.807, 2.05) is 52.7 Å². The topological polar surface area (TPSA) is 71.3 Å². The molecular formula is C28H23F3N4O2S. The Morgan fingerprint density at radius 3 is 2.63 bits per heavy atom. The summed E-state index contributed by atoms with van der Waals surface area (Å²) in [6.45, 7) is 0.679. The van der Waals surface area contributed by atoms with Crippen molar-refractivity contribution in [3.8, 4) is 10.7 Å². The smallest absolute Gasteiger partial charge is 0.416 e. The lowest BCUT2D eigenvalue weighted by Gasteiger charge is -2.24. The predicted molar refractivity (Wildman–Crippen MR) is 141 cm³/mol. The first-order valence-electron chi connectivity index (χ1n) is 11.9. The van der Waals surface area contributed by atoms with Gasteiger partial charge in [-0.1, -0.05) is 30.3 Å². The van der Waals surface area contributed by atoms with Crippen molar-refractivity contribution in [2.75, 3.05) is 11.4 Å². The third-order valence-corrected chi connectivity index (χ3v) is 6.77. The first-order valence-corrected chi connectivity index (χ1v) is 12.8. The number of aromatic nitrogens is 2. The number of nitrogens with one attached hydrogen (secondary N) is 1. The summed E-state index contributed by atoms with van der Waals surface area (Å²) in [6.07, 6.45) is -2.74. The van der Waals surface area contributed by atoms with Crippen molar-refractivity contribution in [2.24, 2.45) is 0 Å². The molecule has 0 unspecified atom stereocenters. The molecule has 1 amide bonds. The minimum Gasteiger partial charge on any atom is -0.467 e. The van der Waals surface area contributed by atoms with E-state index in [0.717, 1.165) is 27.9 Å². The molecule has 38 heavy (non-hydrogen) atoms. The maximum atomic E-state index is 13.0. The zero-order chi connectivity index (χ0) is 26.5. The largest absolute Gasteiger partial charge is 0.467 e. The molecule has 0 aliphatic rings. The van der Waals surface area contributed by atoms with Crippen LogP contribution in [0, 0.1) is 0 Å². The van der Waals surface area contributed by atoms with Crippen LogP contribution in [0.3, 0.4) is 0 Å². The monoisotopic (exact) mass is 536 g/mol. The summed E-state index contributed by atoms with van der Waals surface area (Å²) < 4.78 is 44.6. The van der Waals surface area contributed by atoms with Gasteiger partial charge in [-0.15, -0.1) is 11.3 Å². The van der Waals surface area contributed by atoms with E-state index in [0.29, 0.717) is 36.1 Å². The average Bonchev–Trinajstić information content (AvgIpc) is 3.64. The highest BCUT2D eigenvalue weighted by Crippen LogP contribution is 2.31. The van der Waals surface area contributed by atoms with Crippen molar-refractivity contribution < 1.29 is 22.4 Å². The maximum absolute atomic E-state index is 13.0. The molecule has 0 saturated heterocycles. The molecule has 0 spiro atoms. The van der Waals surface area contributed by atoms with Crippen LogP contribution in [0.5, 0.6) is 0 Å². The summed E-state index contributed by atoms with van der Waals surface area (Å²) in [4.78, 5) is 25.2. The Labute approximate surface area is 220 Å². The number of rotatable bonds is 9. The molecule has 10 heteroatoms. The maximum Gasteiger partial charge on any atom is 0.416 e. The quantitative estimate of drug-likeness (QED) is 0.227. The predicted octanol–water partition coefficient (Wildman–Crippen LogP) is 6.68. The van der Waals surface area contributed by atoms with Gasteiger partial charge in [0, 0.05) is 24.9 Å². The van der Waals surface area contributed by atoms with E-state index in [-0.39, 0.29) is 18.9 Å². The molecule has 3 heterocycles. The van der Waals surface area contributed by atoms with Gasteiger partial charge in [-0.05, 0) is 53.4 Å². The Hall–Kier alpha value is -4.18. The fourth-order valence-corrected chi connectivity index (χ4v) is 4.71. The summed E-state index contributed by atoms with van der Waals surface area (Å²) in [6, 6.07) is 20.2. The van der Waals surface area contributed by atoms with Gasteiger partial charge >= 0.3 is 6.18 Å². The number of amides is 1. The summed E-state index contributed by atoms with van der Waals surface area (Å²) in [7, 11) is 0. The molecule has 5 aromatic rings. The second-order valence-corrected chi connectivity index (χ2v) is 9.54. The molecule has 0 radical (unpaired) electrons. The number of alkyl halides is 3. The van der Waals surface area contributed by atoms with Crippen LogP contribution >= 0.6 is 11.3 Å². The molecule has 3 aromatic heterocycles. The van der Waals surface area contributed by atoms with Crippen molar-refractivity contribution in [3.63, 3.8) is 0 Å². The number of anilines is 1. The van der Waals surface area contributed by atoms with E-state index in [9.17, 15) is 18.0 Å². The van der Waals surface area contributed by atoms with E-state index < -0.39 is 11.7 Å². The summed E-state index contributed by atoms with van der Waals surface area (Å²) >= 11 is 1.54. The number of nitrogens with zero attached hydrogens (tertiary/aromatic N) is 3. The van der Waals surface area contributed by atoms with E-state index >= 15 is 0 Å². The summed E-state index contributed by atoms with van der Waals surface area (Å²) in [5.41, 5.74) is 0.411. The zero-order valence-corrected chi connectivity index (χ0v) is 20.9. The van der Waals surface area contributed by atoms with Gasteiger partial charge < -0.3 is 14.6 Å². The Morgan fingerprint density at radius 1 is 1.00 bits per heavy atom. The number of thiophene rings is 1. The van der Waals surface area contributed by atoms with Crippen molar-refractivity contribution >= 4 is 34.0 Å². The number of halogens is 3. The Bertz CT molecular complexity index is 1520. The van der Waals surface area contributed by atoms with Gasteiger partial charge in [0.1, 0.15) is 11.6 Å². The van der Waals surface area contributed by atoms with Gasteiger partial charge in [-0.2, -0.15) is 13.2 Å². The normalized spacial score (nSPS) is 11.6. The number of hydrogen-bond donors (Lipinski definition) is 1. The van der Waals surface area contributed by atoms with Crippen LogP contribution < -0.4 is 10.2 Å². The first kappa shape index (κ1) is 25.5. The van der Waals surface area contributed by atoms with Crippen LogP contribution in [0.1, 0.15) is 23.3 Å². The second kappa shape index (κ2) is 11.1. The van der Waals surface area contributed by atoms with Gasteiger partial charge in [0.05, 0.1) is 28.8 Å². The molecule has 0 atom stereocenters. The number of para-hydroxylation sites is 1. The Balaban J connectivity index is 1.36. The van der Waals surface area contributed by atoms with Crippen LogP contribution in [0.4, 0.5) is 19.0 Å². The Kier molecular flexibility index (Phi) is 7.41. The van der Waals surface area contributed by atoms with Gasteiger partial charge in [-0.3, -0.25) is 4.79 Å². The van der Waals surface area contributed by atoms with Gasteiger partial charge in [-0.25, -0.2) is 9.97 Å². The molecule has 0 bridgehead atoms. The molecular weight excluding hydrogens is 513 g/mol. The van der Waals surface area contributed by atoms with E-state index in [2.05, 4.69) is 5.32 Å². The molecule has 0 aliphatic carbocycles. The van der Waals surface area contributed by atoms with Crippen molar-refractivity contribution in [2.45, 2.75) is 25.7 Å². The third-order valence-electron chi connectivity index (χ3n) is 5.90. The molecule has 0 fully saturated rings.